The quantitative estimate of drug-likeness (QED) is 0.675. The summed E-state index contributed by atoms with van der Waals surface area (Å²) in [6.45, 7) is 2.90. The molecule has 1 saturated heterocycles. The van der Waals surface area contributed by atoms with Crippen molar-refractivity contribution < 1.29 is 9.59 Å². The summed E-state index contributed by atoms with van der Waals surface area (Å²) in [6.07, 6.45) is 0.984. The van der Waals surface area contributed by atoms with Gasteiger partial charge < -0.3 is 15.1 Å². The molecule has 2 unspecified atom stereocenters. The lowest BCUT2D eigenvalue weighted by atomic mass is 10.2. The SMILES string of the molecule is CC(=O)NC(CS)C(=O)N1CCC(N(C)C)C1. The Morgan fingerprint density at radius 2 is 2.18 bits per heavy atom. The molecule has 0 aromatic heterocycles. The zero-order chi connectivity index (χ0) is 13.0. The number of hydrogen-bond acceptors (Lipinski definition) is 4. The van der Waals surface area contributed by atoms with Gasteiger partial charge in [0.25, 0.3) is 0 Å². The predicted molar refractivity (Wildman–Crippen MR) is 70.1 cm³/mol. The molecule has 0 aliphatic carbocycles. The first-order valence-electron chi connectivity index (χ1n) is 5.79. The zero-order valence-corrected chi connectivity index (χ0v) is 11.5. The van der Waals surface area contributed by atoms with Gasteiger partial charge in [0.2, 0.25) is 11.8 Å². The van der Waals surface area contributed by atoms with E-state index in [1.165, 1.54) is 6.92 Å². The summed E-state index contributed by atoms with van der Waals surface area (Å²) >= 11 is 4.11. The van der Waals surface area contributed by atoms with Crippen molar-refractivity contribution in [2.24, 2.45) is 0 Å². The van der Waals surface area contributed by atoms with E-state index in [-0.39, 0.29) is 11.8 Å². The fourth-order valence-electron chi connectivity index (χ4n) is 2.01. The second-order valence-corrected chi connectivity index (χ2v) is 4.99. The van der Waals surface area contributed by atoms with Gasteiger partial charge >= 0.3 is 0 Å². The highest BCUT2D eigenvalue weighted by Gasteiger charge is 2.31. The molecule has 1 aliphatic rings. The first-order chi connectivity index (χ1) is 7.95. The number of rotatable bonds is 4. The van der Waals surface area contributed by atoms with Crippen LogP contribution in [0.2, 0.25) is 0 Å². The third kappa shape index (κ3) is 3.89. The zero-order valence-electron chi connectivity index (χ0n) is 10.6. The van der Waals surface area contributed by atoms with Crippen molar-refractivity contribution in [3.8, 4) is 0 Å². The molecule has 1 aliphatic heterocycles. The summed E-state index contributed by atoms with van der Waals surface area (Å²) in [7, 11) is 4.03. The van der Waals surface area contributed by atoms with Crippen LogP contribution in [0.25, 0.3) is 0 Å². The Morgan fingerprint density at radius 1 is 1.53 bits per heavy atom. The lowest BCUT2D eigenvalue weighted by molar-refractivity contribution is -0.134. The van der Waals surface area contributed by atoms with Crippen LogP contribution in [0, 0.1) is 0 Å². The highest BCUT2D eigenvalue weighted by molar-refractivity contribution is 7.80. The maximum absolute atomic E-state index is 12.1. The molecule has 6 heteroatoms. The van der Waals surface area contributed by atoms with E-state index in [2.05, 4.69) is 22.8 Å². The number of carbonyl (C=O) groups excluding carboxylic acids is 2. The molecule has 0 spiro atoms. The van der Waals surface area contributed by atoms with E-state index in [9.17, 15) is 9.59 Å². The second-order valence-electron chi connectivity index (χ2n) is 4.63. The van der Waals surface area contributed by atoms with Gasteiger partial charge in [-0.05, 0) is 20.5 Å². The lowest BCUT2D eigenvalue weighted by Gasteiger charge is -2.24. The van der Waals surface area contributed by atoms with Crippen LogP contribution in [0.5, 0.6) is 0 Å². The third-order valence-corrected chi connectivity index (χ3v) is 3.43. The van der Waals surface area contributed by atoms with E-state index < -0.39 is 6.04 Å². The summed E-state index contributed by atoms with van der Waals surface area (Å²) in [5, 5.41) is 2.63. The molecule has 1 N–H and O–H groups in total. The maximum Gasteiger partial charge on any atom is 0.246 e. The van der Waals surface area contributed by atoms with Gasteiger partial charge in [-0.15, -0.1) is 0 Å². The van der Waals surface area contributed by atoms with Gasteiger partial charge in [-0.2, -0.15) is 12.6 Å². The number of likely N-dealkylation sites (tertiary alicyclic amines) is 1. The van der Waals surface area contributed by atoms with Crippen molar-refractivity contribution in [1.29, 1.82) is 0 Å². The Morgan fingerprint density at radius 3 is 2.59 bits per heavy atom. The van der Waals surface area contributed by atoms with Crippen LogP contribution in [0.3, 0.4) is 0 Å². The van der Waals surface area contributed by atoms with Crippen molar-refractivity contribution in [3.05, 3.63) is 0 Å². The molecule has 1 rings (SSSR count). The molecule has 1 fully saturated rings. The largest absolute Gasteiger partial charge is 0.344 e. The minimum atomic E-state index is -0.503. The van der Waals surface area contributed by atoms with Crippen molar-refractivity contribution in [3.63, 3.8) is 0 Å². The lowest BCUT2D eigenvalue weighted by Crippen LogP contribution is -2.49. The van der Waals surface area contributed by atoms with E-state index in [4.69, 9.17) is 0 Å². The Balaban J connectivity index is 2.55. The molecule has 1 heterocycles. The molecule has 5 nitrogen and oxygen atoms in total. The Kier molecular flexibility index (Phi) is 5.27. The van der Waals surface area contributed by atoms with Crippen molar-refractivity contribution in [2.75, 3.05) is 32.9 Å². The fourth-order valence-corrected chi connectivity index (χ4v) is 2.26. The van der Waals surface area contributed by atoms with E-state index >= 15 is 0 Å². The Labute approximate surface area is 108 Å². The molecule has 0 aromatic carbocycles. The van der Waals surface area contributed by atoms with E-state index in [0.29, 0.717) is 11.8 Å². The van der Waals surface area contributed by atoms with Crippen LogP contribution in [0.1, 0.15) is 13.3 Å². The standard InChI is InChI=1S/C11H21N3O2S/c1-8(15)12-10(7-17)11(16)14-5-4-9(6-14)13(2)3/h9-10,17H,4-7H2,1-3H3,(H,12,15). The highest BCUT2D eigenvalue weighted by atomic mass is 32.1. The normalized spacial score (nSPS) is 21.7. The topological polar surface area (TPSA) is 52.7 Å². The fraction of sp³-hybridized carbons (Fsp3) is 0.818. The number of carbonyl (C=O) groups is 2. The minimum Gasteiger partial charge on any atom is -0.344 e. The summed E-state index contributed by atoms with van der Waals surface area (Å²) in [4.78, 5) is 27.0. The molecular weight excluding hydrogens is 238 g/mol. The minimum absolute atomic E-state index is 0.0282. The van der Waals surface area contributed by atoms with Gasteiger partial charge in [-0.3, -0.25) is 9.59 Å². The number of nitrogens with zero attached hydrogens (tertiary/aromatic N) is 2. The summed E-state index contributed by atoms with van der Waals surface area (Å²) in [6, 6.07) is -0.0893. The maximum atomic E-state index is 12.1. The number of amides is 2. The van der Waals surface area contributed by atoms with Crippen LogP contribution < -0.4 is 5.32 Å². The van der Waals surface area contributed by atoms with Gasteiger partial charge in [0.1, 0.15) is 6.04 Å². The van der Waals surface area contributed by atoms with Crippen molar-refractivity contribution >= 4 is 24.4 Å². The van der Waals surface area contributed by atoms with Crippen molar-refractivity contribution in [2.45, 2.75) is 25.4 Å². The van der Waals surface area contributed by atoms with Crippen LogP contribution >= 0.6 is 12.6 Å². The summed E-state index contributed by atoms with van der Waals surface area (Å²) in [5.74, 6) is 0.113. The predicted octanol–water partition coefficient (Wildman–Crippen LogP) is -0.417. The molecule has 0 saturated carbocycles. The van der Waals surface area contributed by atoms with E-state index in [1.54, 1.807) is 0 Å². The molecule has 17 heavy (non-hydrogen) atoms. The molecule has 2 atom stereocenters. The molecule has 0 aromatic rings. The highest BCUT2D eigenvalue weighted by Crippen LogP contribution is 2.14. The van der Waals surface area contributed by atoms with Crippen LogP contribution in [-0.4, -0.2) is 66.6 Å². The Bertz CT molecular complexity index is 296. The van der Waals surface area contributed by atoms with Gasteiger partial charge in [0.15, 0.2) is 0 Å². The molecule has 2 amide bonds. The smallest absolute Gasteiger partial charge is 0.246 e. The van der Waals surface area contributed by atoms with Crippen LogP contribution in [0.15, 0.2) is 0 Å². The van der Waals surface area contributed by atoms with Crippen LogP contribution in [-0.2, 0) is 9.59 Å². The number of nitrogens with one attached hydrogen (secondary N) is 1. The molecule has 0 bridgehead atoms. The average Bonchev–Trinajstić information content (AvgIpc) is 2.73. The van der Waals surface area contributed by atoms with E-state index in [1.807, 2.05) is 19.0 Å². The van der Waals surface area contributed by atoms with Gasteiger partial charge in [-0.1, -0.05) is 0 Å². The average molecular weight is 259 g/mol. The number of thiol groups is 1. The summed E-state index contributed by atoms with van der Waals surface area (Å²) in [5.41, 5.74) is 0. The monoisotopic (exact) mass is 259 g/mol. The molecule has 98 valence electrons. The summed E-state index contributed by atoms with van der Waals surface area (Å²) < 4.78 is 0. The van der Waals surface area contributed by atoms with Gasteiger partial charge in [0, 0.05) is 31.8 Å². The first kappa shape index (κ1) is 14.3. The number of hydrogen-bond donors (Lipinski definition) is 2. The van der Waals surface area contributed by atoms with E-state index in [0.717, 1.165) is 19.5 Å². The van der Waals surface area contributed by atoms with Crippen molar-refractivity contribution in [1.82, 2.24) is 15.1 Å². The third-order valence-electron chi connectivity index (χ3n) is 3.06. The number of likely N-dealkylation sites (N-methyl/N-ethyl adjacent to an activating group) is 1. The molecular formula is C11H21N3O2S. The van der Waals surface area contributed by atoms with Crippen LogP contribution in [0.4, 0.5) is 0 Å². The molecule has 0 radical (unpaired) electrons. The Hall–Kier alpha value is -0.750. The van der Waals surface area contributed by atoms with Gasteiger partial charge in [-0.25, -0.2) is 0 Å². The van der Waals surface area contributed by atoms with Gasteiger partial charge in [0.05, 0.1) is 0 Å². The second kappa shape index (κ2) is 6.26. The first-order valence-corrected chi connectivity index (χ1v) is 6.42.